The summed E-state index contributed by atoms with van der Waals surface area (Å²) in [6.45, 7) is 0. The number of fused-ring (bicyclic) bond motifs is 1. The Hall–Kier alpha value is -4.88. The maximum absolute atomic E-state index is 13.1. The van der Waals surface area contributed by atoms with Gasteiger partial charge >= 0.3 is 18.7 Å². The third kappa shape index (κ3) is 6.39. The Balaban J connectivity index is 1.69. The fraction of sp³-hybridized carbons (Fsp3) is 0.154. The molecule has 0 aliphatic carbocycles. The van der Waals surface area contributed by atoms with Crippen LogP contribution in [0.5, 0.6) is 28.7 Å². The molecule has 3 aromatic carbocycles. The summed E-state index contributed by atoms with van der Waals surface area (Å²) in [5.41, 5.74) is -0.628. The summed E-state index contributed by atoms with van der Waals surface area (Å²) in [4.78, 5) is 25.8. The number of carbonyl (C=O) groups is 1. The molecule has 0 spiro atoms. The minimum absolute atomic E-state index is 0.00826. The van der Waals surface area contributed by atoms with Gasteiger partial charge in [0.1, 0.15) is 28.2 Å². The molecular weight excluding hydrogens is 554 g/mol. The molecule has 0 saturated carbocycles. The molecule has 0 atom stereocenters. The van der Waals surface area contributed by atoms with Crippen LogP contribution in [-0.4, -0.2) is 32.9 Å². The highest BCUT2D eigenvalue weighted by molar-refractivity contribution is 5.95. The van der Waals surface area contributed by atoms with Crippen molar-refractivity contribution in [1.29, 1.82) is 0 Å². The van der Waals surface area contributed by atoms with Crippen LogP contribution in [0.2, 0.25) is 0 Å². The zero-order valence-corrected chi connectivity index (χ0v) is 20.3. The number of hydrogen-bond acceptors (Lipinski definition) is 8. The van der Waals surface area contributed by atoms with Crippen LogP contribution in [0.4, 0.5) is 26.3 Å². The Morgan fingerprint density at radius 3 is 1.80 bits per heavy atom. The van der Waals surface area contributed by atoms with Crippen LogP contribution in [0, 0.1) is 0 Å². The first-order valence-corrected chi connectivity index (χ1v) is 10.9. The Morgan fingerprint density at radius 1 is 0.750 bits per heavy atom. The van der Waals surface area contributed by atoms with Crippen LogP contribution in [-0.2, 0) is 0 Å². The van der Waals surface area contributed by atoms with Gasteiger partial charge in [0.05, 0.1) is 19.8 Å². The summed E-state index contributed by atoms with van der Waals surface area (Å²) >= 11 is 0. The SMILES string of the molecule is COc1cc2oc(-c3ccc(OC(F)(F)F)cc3)cc(=O)c2c(OC)c1OC(=O)c1ccc(OC(F)(F)F)cc1. The first kappa shape index (κ1) is 28.1. The van der Waals surface area contributed by atoms with Gasteiger partial charge in [-0.05, 0) is 48.5 Å². The number of hydrogen-bond donors (Lipinski definition) is 0. The van der Waals surface area contributed by atoms with Gasteiger partial charge in [0.25, 0.3) is 0 Å². The monoisotopic (exact) mass is 570 g/mol. The van der Waals surface area contributed by atoms with Crippen molar-refractivity contribution in [2.75, 3.05) is 14.2 Å². The zero-order chi connectivity index (χ0) is 29.2. The van der Waals surface area contributed by atoms with Crippen LogP contribution in [0.1, 0.15) is 10.4 Å². The van der Waals surface area contributed by atoms with Crippen molar-refractivity contribution in [2.45, 2.75) is 12.7 Å². The van der Waals surface area contributed by atoms with E-state index in [1.807, 2.05) is 0 Å². The summed E-state index contributed by atoms with van der Waals surface area (Å²) in [5.74, 6) is -2.72. The number of alkyl halides is 6. The van der Waals surface area contributed by atoms with Gasteiger partial charge < -0.3 is 28.1 Å². The van der Waals surface area contributed by atoms with Gasteiger partial charge in [-0.2, -0.15) is 0 Å². The standard InChI is InChI=1S/C26H16F6O8/c1-35-20-12-19-21(17(33)11-18(37-19)13-3-7-15(8-4-13)39-25(27,28)29)23(36-2)22(20)38-24(34)14-5-9-16(10-6-14)40-26(30,31)32/h3-12H,1-2H3. The predicted octanol–water partition coefficient (Wildman–Crippen LogP) is 6.49. The largest absolute Gasteiger partial charge is 0.573 e. The molecular formula is C26H16F6O8. The first-order chi connectivity index (χ1) is 18.8. The van der Waals surface area contributed by atoms with E-state index in [1.165, 1.54) is 32.4 Å². The molecule has 4 rings (SSSR count). The molecule has 0 amide bonds. The molecule has 0 bridgehead atoms. The van der Waals surface area contributed by atoms with Gasteiger partial charge in [-0.25, -0.2) is 4.79 Å². The van der Waals surface area contributed by atoms with E-state index in [0.717, 1.165) is 42.5 Å². The number of rotatable bonds is 7. The maximum Gasteiger partial charge on any atom is 0.573 e. The third-order valence-corrected chi connectivity index (χ3v) is 5.21. The van der Waals surface area contributed by atoms with E-state index in [9.17, 15) is 35.9 Å². The second-order valence-electron chi connectivity index (χ2n) is 7.82. The molecule has 0 aliphatic heterocycles. The number of carbonyl (C=O) groups excluding carboxylic acids is 1. The molecule has 0 aliphatic rings. The van der Waals surface area contributed by atoms with E-state index in [-0.39, 0.29) is 45.1 Å². The van der Waals surface area contributed by atoms with E-state index in [0.29, 0.717) is 0 Å². The predicted molar refractivity (Wildman–Crippen MR) is 126 cm³/mol. The molecule has 4 aromatic rings. The average Bonchev–Trinajstić information content (AvgIpc) is 2.87. The van der Waals surface area contributed by atoms with E-state index in [1.54, 1.807) is 0 Å². The van der Waals surface area contributed by atoms with Gasteiger partial charge in [0.15, 0.2) is 16.9 Å². The molecule has 40 heavy (non-hydrogen) atoms. The molecule has 1 heterocycles. The van der Waals surface area contributed by atoms with E-state index in [2.05, 4.69) is 9.47 Å². The Bertz CT molecular complexity index is 1590. The lowest BCUT2D eigenvalue weighted by Crippen LogP contribution is -2.17. The van der Waals surface area contributed by atoms with Gasteiger partial charge in [0, 0.05) is 17.7 Å². The smallest absolute Gasteiger partial charge is 0.493 e. The van der Waals surface area contributed by atoms with Crippen molar-refractivity contribution in [1.82, 2.24) is 0 Å². The van der Waals surface area contributed by atoms with Gasteiger partial charge in [-0.15, -0.1) is 26.3 Å². The summed E-state index contributed by atoms with van der Waals surface area (Å²) < 4.78 is 104. The molecule has 0 saturated heterocycles. The molecule has 0 fully saturated rings. The van der Waals surface area contributed by atoms with Gasteiger partial charge in [-0.3, -0.25) is 4.79 Å². The molecule has 0 radical (unpaired) electrons. The quantitative estimate of drug-likeness (QED) is 0.141. The fourth-order valence-corrected chi connectivity index (χ4v) is 3.60. The lowest BCUT2D eigenvalue weighted by molar-refractivity contribution is -0.275. The normalized spacial score (nSPS) is 11.7. The van der Waals surface area contributed by atoms with Crippen molar-refractivity contribution < 1.29 is 59.2 Å². The van der Waals surface area contributed by atoms with Crippen molar-refractivity contribution in [3.8, 4) is 40.1 Å². The molecule has 1 aromatic heterocycles. The Kier molecular flexibility index (Phi) is 7.53. The number of benzene rings is 3. The van der Waals surface area contributed by atoms with E-state index < -0.39 is 35.6 Å². The van der Waals surface area contributed by atoms with Crippen molar-refractivity contribution in [2.24, 2.45) is 0 Å². The molecule has 8 nitrogen and oxygen atoms in total. The maximum atomic E-state index is 13.1. The summed E-state index contributed by atoms with van der Waals surface area (Å²) in [6.07, 6.45) is -9.80. The lowest BCUT2D eigenvalue weighted by Gasteiger charge is -2.16. The van der Waals surface area contributed by atoms with Gasteiger partial charge in [-0.1, -0.05) is 0 Å². The summed E-state index contributed by atoms with van der Waals surface area (Å²) in [7, 11) is 2.41. The van der Waals surface area contributed by atoms with Crippen LogP contribution < -0.4 is 29.1 Å². The van der Waals surface area contributed by atoms with Crippen LogP contribution in [0.25, 0.3) is 22.3 Å². The summed E-state index contributed by atoms with van der Waals surface area (Å²) in [6, 6.07) is 10.8. The van der Waals surface area contributed by atoms with Crippen molar-refractivity contribution in [3.63, 3.8) is 0 Å². The third-order valence-electron chi connectivity index (χ3n) is 5.21. The number of ether oxygens (including phenoxy) is 5. The van der Waals surface area contributed by atoms with Crippen molar-refractivity contribution >= 4 is 16.9 Å². The fourth-order valence-electron chi connectivity index (χ4n) is 3.60. The van der Waals surface area contributed by atoms with Gasteiger partial charge in [0.2, 0.25) is 5.75 Å². The Labute approximate surface area is 220 Å². The Morgan fingerprint density at radius 2 is 1.30 bits per heavy atom. The number of esters is 1. The highest BCUT2D eigenvalue weighted by Gasteiger charge is 2.32. The average molecular weight is 570 g/mol. The first-order valence-electron chi connectivity index (χ1n) is 10.9. The second-order valence-corrected chi connectivity index (χ2v) is 7.82. The number of halogens is 6. The minimum Gasteiger partial charge on any atom is -0.493 e. The topological polar surface area (TPSA) is 93.4 Å². The molecule has 0 N–H and O–H groups in total. The highest BCUT2D eigenvalue weighted by Crippen LogP contribution is 2.43. The zero-order valence-electron chi connectivity index (χ0n) is 20.3. The van der Waals surface area contributed by atoms with Crippen LogP contribution in [0.15, 0.2) is 69.9 Å². The van der Waals surface area contributed by atoms with E-state index >= 15 is 0 Å². The molecule has 14 heteroatoms. The minimum atomic E-state index is -4.92. The van der Waals surface area contributed by atoms with E-state index in [4.69, 9.17) is 18.6 Å². The second kappa shape index (κ2) is 10.7. The van der Waals surface area contributed by atoms with Crippen LogP contribution in [0.3, 0.4) is 0 Å². The molecule has 210 valence electrons. The summed E-state index contributed by atoms with van der Waals surface area (Å²) in [5, 5.41) is -0.152. The lowest BCUT2D eigenvalue weighted by atomic mass is 10.1. The number of methoxy groups -OCH3 is 2. The van der Waals surface area contributed by atoms with Crippen molar-refractivity contribution in [3.05, 3.63) is 76.5 Å². The highest BCUT2D eigenvalue weighted by atomic mass is 19.4. The van der Waals surface area contributed by atoms with Crippen LogP contribution >= 0.6 is 0 Å². The molecule has 0 unspecified atom stereocenters.